The lowest BCUT2D eigenvalue weighted by Crippen LogP contribution is -2.43. The number of likely N-dealkylation sites (N-methyl/N-ethyl adjacent to an activating group) is 1. The fourth-order valence-corrected chi connectivity index (χ4v) is 5.53. The topological polar surface area (TPSA) is 58.2 Å². The minimum Gasteiger partial charge on any atom is -0.313 e. The second kappa shape index (κ2) is 5.55. The van der Waals surface area contributed by atoms with Crippen molar-refractivity contribution in [3.63, 3.8) is 0 Å². The highest BCUT2D eigenvalue weighted by atomic mass is 32.2. The number of benzene rings is 1. The molecule has 3 rings (SSSR count). The summed E-state index contributed by atoms with van der Waals surface area (Å²) in [5, 5.41) is 3.32. The number of sulfonamides is 1. The molecule has 1 heterocycles. The summed E-state index contributed by atoms with van der Waals surface area (Å²) in [6.45, 7) is 3.51. The summed E-state index contributed by atoms with van der Waals surface area (Å²) in [6.07, 6.45) is 3.98. The van der Waals surface area contributed by atoms with Gasteiger partial charge in [-0.05, 0) is 30.5 Å². The summed E-state index contributed by atoms with van der Waals surface area (Å²) in [6, 6.07) is 9.46. The monoisotopic (exact) mass is 306 g/mol. The SMILES string of the molecule is CCNCC1=C(c2ccccc2)S(=O)(=O)NC12CCCC2. The zero-order valence-corrected chi connectivity index (χ0v) is 13.2. The Morgan fingerprint density at radius 3 is 2.48 bits per heavy atom. The van der Waals surface area contributed by atoms with E-state index in [0.29, 0.717) is 11.4 Å². The standard InChI is InChI=1S/C16H22N2O2S/c1-2-17-12-14-15(13-8-4-3-5-9-13)21(19,20)18-16(14)10-6-7-11-16/h3-5,8-9,17-18H,2,6-7,10-12H2,1H3. The minimum absolute atomic E-state index is 0.355. The molecule has 1 aliphatic carbocycles. The Kier molecular flexibility index (Phi) is 3.90. The highest BCUT2D eigenvalue weighted by Crippen LogP contribution is 2.46. The van der Waals surface area contributed by atoms with Crippen LogP contribution >= 0.6 is 0 Å². The molecule has 0 radical (unpaired) electrons. The fraction of sp³-hybridized carbons (Fsp3) is 0.500. The average Bonchev–Trinajstić information content (AvgIpc) is 3.00. The molecule has 0 bridgehead atoms. The molecule has 0 amide bonds. The normalized spacial score (nSPS) is 23.1. The molecular weight excluding hydrogens is 284 g/mol. The molecule has 1 fully saturated rings. The van der Waals surface area contributed by atoms with Crippen molar-refractivity contribution in [3.8, 4) is 0 Å². The molecule has 5 heteroatoms. The first-order valence-corrected chi connectivity index (χ1v) is 9.11. The van der Waals surface area contributed by atoms with Crippen molar-refractivity contribution in [2.45, 2.75) is 38.1 Å². The predicted molar refractivity (Wildman–Crippen MR) is 85.2 cm³/mol. The lowest BCUT2D eigenvalue weighted by molar-refractivity contribution is 0.456. The van der Waals surface area contributed by atoms with Gasteiger partial charge in [-0.1, -0.05) is 50.1 Å². The highest BCUT2D eigenvalue weighted by molar-refractivity contribution is 7.99. The largest absolute Gasteiger partial charge is 0.313 e. The van der Waals surface area contributed by atoms with Crippen LogP contribution in [0.2, 0.25) is 0 Å². The maximum atomic E-state index is 12.7. The van der Waals surface area contributed by atoms with E-state index in [1.165, 1.54) is 0 Å². The van der Waals surface area contributed by atoms with Gasteiger partial charge >= 0.3 is 0 Å². The van der Waals surface area contributed by atoms with E-state index in [-0.39, 0.29) is 5.54 Å². The molecule has 1 saturated carbocycles. The van der Waals surface area contributed by atoms with Gasteiger partial charge in [0.15, 0.2) is 0 Å². The smallest absolute Gasteiger partial charge is 0.242 e. The second-order valence-corrected chi connectivity index (χ2v) is 7.47. The van der Waals surface area contributed by atoms with E-state index in [1.807, 2.05) is 37.3 Å². The van der Waals surface area contributed by atoms with Crippen LogP contribution < -0.4 is 10.0 Å². The van der Waals surface area contributed by atoms with Crippen LogP contribution in [0.25, 0.3) is 4.91 Å². The number of hydrogen-bond donors (Lipinski definition) is 2. The first-order chi connectivity index (χ1) is 10.1. The van der Waals surface area contributed by atoms with Crippen LogP contribution in [0.15, 0.2) is 35.9 Å². The van der Waals surface area contributed by atoms with Crippen LogP contribution in [0.1, 0.15) is 38.2 Å². The quantitative estimate of drug-likeness (QED) is 0.897. The van der Waals surface area contributed by atoms with Crippen LogP contribution in [-0.2, 0) is 10.0 Å². The van der Waals surface area contributed by atoms with E-state index in [2.05, 4.69) is 10.0 Å². The van der Waals surface area contributed by atoms with E-state index in [0.717, 1.165) is 43.4 Å². The summed E-state index contributed by atoms with van der Waals surface area (Å²) in [5.41, 5.74) is 1.46. The first-order valence-electron chi connectivity index (χ1n) is 7.63. The van der Waals surface area contributed by atoms with Crippen molar-refractivity contribution >= 4 is 14.9 Å². The van der Waals surface area contributed by atoms with E-state index in [9.17, 15) is 8.42 Å². The molecule has 2 N–H and O–H groups in total. The van der Waals surface area contributed by atoms with Gasteiger partial charge in [-0.25, -0.2) is 13.1 Å². The van der Waals surface area contributed by atoms with Crippen molar-refractivity contribution < 1.29 is 8.42 Å². The van der Waals surface area contributed by atoms with Crippen molar-refractivity contribution in [1.29, 1.82) is 0 Å². The third-order valence-corrected chi connectivity index (χ3v) is 6.17. The Bertz CT molecular complexity index is 644. The lowest BCUT2D eigenvalue weighted by Gasteiger charge is -2.26. The molecule has 1 aromatic rings. The van der Waals surface area contributed by atoms with Gasteiger partial charge in [0.05, 0.1) is 10.4 Å². The summed E-state index contributed by atoms with van der Waals surface area (Å²) in [7, 11) is -3.42. The number of rotatable bonds is 4. The summed E-state index contributed by atoms with van der Waals surface area (Å²) in [4.78, 5) is 0.492. The van der Waals surface area contributed by atoms with Gasteiger partial charge in [0, 0.05) is 6.54 Å². The van der Waals surface area contributed by atoms with Crippen LogP contribution in [0.5, 0.6) is 0 Å². The third-order valence-electron chi connectivity index (χ3n) is 4.50. The summed E-state index contributed by atoms with van der Waals surface area (Å²) < 4.78 is 28.4. The van der Waals surface area contributed by atoms with E-state index in [4.69, 9.17) is 0 Å². The van der Waals surface area contributed by atoms with Crippen molar-refractivity contribution in [1.82, 2.24) is 10.0 Å². The van der Waals surface area contributed by atoms with Crippen LogP contribution in [0, 0.1) is 0 Å². The summed E-state index contributed by atoms with van der Waals surface area (Å²) >= 11 is 0. The Morgan fingerprint density at radius 2 is 1.86 bits per heavy atom. The van der Waals surface area contributed by atoms with Gasteiger partial charge in [-0.2, -0.15) is 0 Å². The van der Waals surface area contributed by atoms with E-state index < -0.39 is 10.0 Å². The lowest BCUT2D eigenvalue weighted by atomic mass is 9.87. The molecule has 0 unspecified atom stereocenters. The van der Waals surface area contributed by atoms with Gasteiger partial charge in [0.1, 0.15) is 0 Å². The Balaban J connectivity index is 2.15. The van der Waals surface area contributed by atoms with Gasteiger partial charge in [-0.15, -0.1) is 0 Å². The summed E-state index contributed by atoms with van der Waals surface area (Å²) in [5.74, 6) is 0. The molecule has 0 aromatic heterocycles. The zero-order chi connectivity index (χ0) is 14.9. The minimum atomic E-state index is -3.42. The van der Waals surface area contributed by atoms with Crippen LogP contribution in [0.4, 0.5) is 0 Å². The second-order valence-electron chi connectivity index (χ2n) is 5.85. The molecule has 1 aromatic carbocycles. The molecule has 0 saturated heterocycles. The zero-order valence-electron chi connectivity index (χ0n) is 12.4. The maximum absolute atomic E-state index is 12.7. The molecule has 114 valence electrons. The molecule has 2 aliphatic rings. The van der Waals surface area contributed by atoms with Crippen molar-refractivity contribution in [2.24, 2.45) is 0 Å². The predicted octanol–water partition coefficient (Wildman–Crippen LogP) is 2.25. The molecule has 1 aliphatic heterocycles. The Morgan fingerprint density at radius 1 is 1.19 bits per heavy atom. The van der Waals surface area contributed by atoms with Gasteiger partial charge in [0.25, 0.3) is 0 Å². The molecule has 21 heavy (non-hydrogen) atoms. The number of hydrogen-bond acceptors (Lipinski definition) is 3. The van der Waals surface area contributed by atoms with E-state index >= 15 is 0 Å². The average molecular weight is 306 g/mol. The maximum Gasteiger partial charge on any atom is 0.242 e. The molecule has 1 spiro atoms. The Labute approximate surface area is 126 Å². The van der Waals surface area contributed by atoms with E-state index in [1.54, 1.807) is 0 Å². The van der Waals surface area contributed by atoms with Gasteiger partial charge in [0.2, 0.25) is 10.0 Å². The van der Waals surface area contributed by atoms with Gasteiger partial charge in [-0.3, -0.25) is 0 Å². The van der Waals surface area contributed by atoms with Gasteiger partial charge < -0.3 is 5.32 Å². The first kappa shape index (κ1) is 14.8. The van der Waals surface area contributed by atoms with Crippen molar-refractivity contribution in [2.75, 3.05) is 13.1 Å². The molecule has 4 nitrogen and oxygen atoms in total. The molecule has 0 atom stereocenters. The highest BCUT2D eigenvalue weighted by Gasteiger charge is 2.49. The van der Waals surface area contributed by atoms with Crippen LogP contribution in [0.3, 0.4) is 0 Å². The number of nitrogens with one attached hydrogen (secondary N) is 2. The molecular formula is C16H22N2O2S. The third kappa shape index (κ3) is 2.54. The fourth-order valence-electron chi connectivity index (χ4n) is 3.55. The van der Waals surface area contributed by atoms with Crippen LogP contribution in [-0.4, -0.2) is 27.0 Å². The Hall–Kier alpha value is -1.17. The van der Waals surface area contributed by atoms with Crippen molar-refractivity contribution in [3.05, 3.63) is 41.5 Å².